The highest BCUT2D eigenvalue weighted by Crippen LogP contribution is 2.22. The van der Waals surface area contributed by atoms with Gasteiger partial charge in [0.15, 0.2) is 0 Å². The first kappa shape index (κ1) is 15.8. The fourth-order valence-corrected chi connectivity index (χ4v) is 2.97. The fourth-order valence-electron chi connectivity index (χ4n) is 2.02. The van der Waals surface area contributed by atoms with Gasteiger partial charge in [0.25, 0.3) is 0 Å². The molecule has 2 aromatic carbocycles. The Balaban J connectivity index is 2.10. The molecule has 0 saturated heterocycles. The lowest BCUT2D eigenvalue weighted by Crippen LogP contribution is -2.28. The number of hydrogen-bond donors (Lipinski definition) is 0. The second-order valence-corrected chi connectivity index (χ2v) is 6.32. The second-order valence-electron chi connectivity index (χ2n) is 5.53. The highest BCUT2D eigenvalue weighted by atomic mass is 79.9. The molecule has 0 heterocycles. The summed E-state index contributed by atoms with van der Waals surface area (Å²) in [6.45, 7) is 3.84. The number of alkyl halides is 1. The summed E-state index contributed by atoms with van der Waals surface area (Å²) in [4.78, 5) is 12.1. The van der Waals surface area contributed by atoms with Crippen molar-refractivity contribution in [3.8, 4) is 11.1 Å². The lowest BCUT2D eigenvalue weighted by molar-refractivity contribution is -0.00180. The lowest BCUT2D eigenvalue weighted by Gasteiger charge is -2.24. The summed E-state index contributed by atoms with van der Waals surface area (Å²) in [5.74, 6) is -0.277. The molecule has 0 aliphatic carbocycles. The first-order chi connectivity index (χ1) is 10.0. The Kier molecular flexibility index (Phi) is 5.18. The summed E-state index contributed by atoms with van der Waals surface area (Å²) in [5.41, 5.74) is 2.35. The van der Waals surface area contributed by atoms with Crippen molar-refractivity contribution in [2.75, 3.05) is 5.33 Å². The summed E-state index contributed by atoms with van der Waals surface area (Å²) in [5, 5.41) is 0.806. The predicted octanol–water partition coefficient (Wildman–Crippen LogP) is 5.07. The number of benzene rings is 2. The topological polar surface area (TPSA) is 26.3 Å². The zero-order valence-corrected chi connectivity index (χ0v) is 13.9. The molecule has 0 spiro atoms. The Morgan fingerprint density at radius 3 is 2.14 bits per heavy atom. The largest absolute Gasteiger partial charge is 0.456 e. The molecule has 110 valence electrons. The Hall–Kier alpha value is -1.61. The molecule has 2 rings (SSSR count). The first-order valence-corrected chi connectivity index (χ1v) is 8.09. The molecular formula is C18H19BrO2. The van der Waals surface area contributed by atoms with E-state index in [1.165, 1.54) is 0 Å². The van der Waals surface area contributed by atoms with Crippen LogP contribution in [0.5, 0.6) is 0 Å². The third-order valence-electron chi connectivity index (χ3n) is 3.29. The molecule has 3 heteroatoms. The Morgan fingerprint density at radius 1 is 1.00 bits per heavy atom. The molecule has 0 N–H and O–H groups in total. The number of rotatable bonds is 5. The van der Waals surface area contributed by atoms with E-state index in [0.717, 1.165) is 22.9 Å². The molecule has 21 heavy (non-hydrogen) atoms. The van der Waals surface area contributed by atoms with E-state index in [9.17, 15) is 4.79 Å². The first-order valence-electron chi connectivity index (χ1n) is 6.97. The van der Waals surface area contributed by atoms with E-state index < -0.39 is 5.60 Å². The van der Waals surface area contributed by atoms with Crippen molar-refractivity contribution < 1.29 is 9.53 Å². The zero-order chi connectivity index (χ0) is 15.3. The van der Waals surface area contributed by atoms with Crippen LogP contribution in [-0.2, 0) is 4.74 Å². The van der Waals surface area contributed by atoms with Crippen molar-refractivity contribution >= 4 is 21.9 Å². The maximum absolute atomic E-state index is 12.1. The Morgan fingerprint density at radius 2 is 1.57 bits per heavy atom. The maximum atomic E-state index is 12.1. The van der Waals surface area contributed by atoms with Crippen LogP contribution in [0.3, 0.4) is 0 Å². The van der Waals surface area contributed by atoms with Gasteiger partial charge in [-0.2, -0.15) is 0 Å². The Bertz CT molecular complexity index is 588. The minimum absolute atomic E-state index is 0.277. The van der Waals surface area contributed by atoms with Gasteiger partial charge in [0.2, 0.25) is 0 Å². The summed E-state index contributed by atoms with van der Waals surface area (Å²) in [6.07, 6.45) is 0.779. The highest BCUT2D eigenvalue weighted by molar-refractivity contribution is 9.09. The summed E-state index contributed by atoms with van der Waals surface area (Å²) in [7, 11) is 0. The second kappa shape index (κ2) is 6.90. The van der Waals surface area contributed by atoms with Crippen molar-refractivity contribution in [3.63, 3.8) is 0 Å². The van der Waals surface area contributed by atoms with Crippen LogP contribution >= 0.6 is 15.9 Å². The average Bonchev–Trinajstić information content (AvgIpc) is 2.48. The van der Waals surface area contributed by atoms with Gasteiger partial charge >= 0.3 is 5.97 Å². The van der Waals surface area contributed by atoms with Crippen molar-refractivity contribution in [1.82, 2.24) is 0 Å². The highest BCUT2D eigenvalue weighted by Gasteiger charge is 2.22. The molecule has 2 aromatic rings. The lowest BCUT2D eigenvalue weighted by atomic mass is 10.0. The fraction of sp³-hybridized carbons (Fsp3) is 0.278. The number of halogens is 1. The van der Waals surface area contributed by atoms with Gasteiger partial charge < -0.3 is 4.74 Å². The van der Waals surface area contributed by atoms with Crippen LogP contribution in [0, 0.1) is 0 Å². The molecule has 0 fully saturated rings. The van der Waals surface area contributed by atoms with Crippen LogP contribution in [-0.4, -0.2) is 16.9 Å². The van der Waals surface area contributed by atoms with E-state index in [4.69, 9.17) is 4.74 Å². The third-order valence-corrected chi connectivity index (χ3v) is 3.69. The average molecular weight is 347 g/mol. The van der Waals surface area contributed by atoms with Gasteiger partial charge in [-0.15, -0.1) is 0 Å². The predicted molar refractivity (Wildman–Crippen MR) is 89.8 cm³/mol. The van der Waals surface area contributed by atoms with E-state index in [0.29, 0.717) is 5.56 Å². The van der Waals surface area contributed by atoms with E-state index in [-0.39, 0.29) is 5.97 Å². The Labute approximate surface area is 134 Å². The molecular weight excluding hydrogens is 328 g/mol. The summed E-state index contributed by atoms with van der Waals surface area (Å²) < 4.78 is 5.54. The minimum Gasteiger partial charge on any atom is -0.456 e. The van der Waals surface area contributed by atoms with Crippen LogP contribution in [0.25, 0.3) is 11.1 Å². The van der Waals surface area contributed by atoms with E-state index >= 15 is 0 Å². The van der Waals surface area contributed by atoms with Crippen molar-refractivity contribution in [2.45, 2.75) is 25.9 Å². The monoisotopic (exact) mass is 346 g/mol. The molecule has 0 aliphatic heterocycles. The van der Waals surface area contributed by atoms with Crippen molar-refractivity contribution in [3.05, 3.63) is 60.2 Å². The number of carbonyl (C=O) groups is 1. The number of ether oxygens (including phenoxy) is 1. The van der Waals surface area contributed by atoms with Crippen LogP contribution in [0.15, 0.2) is 54.6 Å². The van der Waals surface area contributed by atoms with Gasteiger partial charge in [0, 0.05) is 5.33 Å². The van der Waals surface area contributed by atoms with Crippen LogP contribution in [0.4, 0.5) is 0 Å². The third kappa shape index (κ3) is 4.43. The molecule has 2 nitrogen and oxygen atoms in total. The summed E-state index contributed by atoms with van der Waals surface area (Å²) >= 11 is 3.38. The van der Waals surface area contributed by atoms with Crippen molar-refractivity contribution in [2.24, 2.45) is 0 Å². The number of hydrogen-bond acceptors (Lipinski definition) is 2. The van der Waals surface area contributed by atoms with Gasteiger partial charge in [-0.1, -0.05) is 58.4 Å². The van der Waals surface area contributed by atoms with Gasteiger partial charge in [-0.3, -0.25) is 0 Å². The molecule has 0 aromatic heterocycles. The van der Waals surface area contributed by atoms with Crippen LogP contribution in [0.2, 0.25) is 0 Å². The number of esters is 1. The van der Waals surface area contributed by atoms with Gasteiger partial charge in [-0.25, -0.2) is 4.79 Å². The zero-order valence-electron chi connectivity index (χ0n) is 12.3. The van der Waals surface area contributed by atoms with Crippen LogP contribution < -0.4 is 0 Å². The molecule has 0 unspecified atom stereocenters. The SMILES string of the molecule is CC(C)(CCBr)OC(=O)c1ccc(-c2ccccc2)cc1. The summed E-state index contributed by atoms with van der Waals surface area (Å²) in [6, 6.07) is 17.6. The molecule has 0 bridgehead atoms. The quantitative estimate of drug-likeness (QED) is 0.557. The van der Waals surface area contributed by atoms with E-state index in [1.807, 2.05) is 68.4 Å². The normalized spacial score (nSPS) is 11.2. The van der Waals surface area contributed by atoms with Crippen molar-refractivity contribution in [1.29, 1.82) is 0 Å². The van der Waals surface area contributed by atoms with Gasteiger partial charge in [-0.05, 0) is 43.5 Å². The van der Waals surface area contributed by atoms with Gasteiger partial charge in [0.05, 0.1) is 5.56 Å². The smallest absolute Gasteiger partial charge is 0.338 e. The molecule has 0 aliphatic rings. The number of carbonyl (C=O) groups excluding carboxylic acids is 1. The van der Waals surface area contributed by atoms with E-state index in [2.05, 4.69) is 15.9 Å². The van der Waals surface area contributed by atoms with E-state index in [1.54, 1.807) is 0 Å². The van der Waals surface area contributed by atoms with Gasteiger partial charge in [0.1, 0.15) is 5.60 Å². The minimum atomic E-state index is -0.460. The van der Waals surface area contributed by atoms with Crippen LogP contribution in [0.1, 0.15) is 30.6 Å². The standard InChI is InChI=1S/C18H19BrO2/c1-18(2,12-13-19)21-17(20)16-10-8-15(9-11-16)14-6-4-3-5-7-14/h3-11H,12-13H2,1-2H3. The molecule has 0 radical (unpaired) electrons. The molecule has 0 saturated carbocycles. The molecule has 0 atom stereocenters. The maximum Gasteiger partial charge on any atom is 0.338 e. The molecule has 0 amide bonds.